The van der Waals surface area contributed by atoms with Gasteiger partial charge in [0.2, 0.25) is 0 Å². The molecule has 0 spiro atoms. The van der Waals surface area contributed by atoms with Crippen molar-refractivity contribution in [1.29, 1.82) is 0 Å². The Hall–Kier alpha value is -0.750. The number of nitrogens with one attached hydrogen (secondary N) is 1. The summed E-state index contributed by atoms with van der Waals surface area (Å²) in [6, 6.07) is 3.75. The van der Waals surface area contributed by atoms with Crippen molar-refractivity contribution >= 4 is 21.6 Å². The number of hydrogen-bond acceptors (Lipinski definition) is 2. The summed E-state index contributed by atoms with van der Waals surface area (Å²) in [5.41, 5.74) is -0.415. The summed E-state index contributed by atoms with van der Waals surface area (Å²) >= 11 is 3.29. The van der Waals surface area contributed by atoms with Crippen LogP contribution in [0.2, 0.25) is 0 Å². The predicted molar refractivity (Wildman–Crippen MR) is 75.8 cm³/mol. The van der Waals surface area contributed by atoms with Gasteiger partial charge in [0.05, 0.1) is 11.2 Å². The highest BCUT2D eigenvalue weighted by molar-refractivity contribution is 9.10. The van der Waals surface area contributed by atoms with Gasteiger partial charge in [0.15, 0.2) is 0 Å². The standard InChI is InChI=1S/C14H17BrF3NO/c1-13(2)8-10(5-6-20-13)19-12-7-9(14(16,17)18)3-4-11(12)15/h3-4,7,10,19H,5-6,8H2,1-2H3. The first kappa shape index (κ1) is 15.6. The van der Waals surface area contributed by atoms with E-state index in [1.165, 1.54) is 6.07 Å². The zero-order valence-corrected chi connectivity index (χ0v) is 12.9. The first-order chi connectivity index (χ1) is 9.17. The highest BCUT2D eigenvalue weighted by atomic mass is 79.9. The lowest BCUT2D eigenvalue weighted by molar-refractivity contribution is -0.137. The minimum atomic E-state index is -4.33. The lowest BCUT2D eigenvalue weighted by atomic mass is 9.93. The van der Waals surface area contributed by atoms with Crippen molar-refractivity contribution in [2.75, 3.05) is 11.9 Å². The Morgan fingerprint density at radius 1 is 1.35 bits per heavy atom. The zero-order valence-electron chi connectivity index (χ0n) is 11.4. The third-order valence-electron chi connectivity index (χ3n) is 3.35. The largest absolute Gasteiger partial charge is 0.416 e. The van der Waals surface area contributed by atoms with Crippen LogP contribution in [-0.4, -0.2) is 18.2 Å². The molecule has 0 amide bonds. The molecule has 0 bridgehead atoms. The number of halogens is 4. The summed E-state index contributed by atoms with van der Waals surface area (Å²) in [6.07, 6.45) is -2.78. The van der Waals surface area contributed by atoms with Crippen LogP contribution in [-0.2, 0) is 10.9 Å². The molecule has 6 heteroatoms. The van der Waals surface area contributed by atoms with E-state index in [0.717, 1.165) is 25.0 Å². The number of ether oxygens (including phenoxy) is 1. The molecule has 1 aliphatic heterocycles. The molecule has 1 atom stereocenters. The molecule has 0 saturated carbocycles. The third kappa shape index (κ3) is 3.88. The van der Waals surface area contributed by atoms with Crippen LogP contribution < -0.4 is 5.32 Å². The molecular formula is C14H17BrF3NO. The number of alkyl halides is 3. The van der Waals surface area contributed by atoms with Gasteiger partial charge in [-0.3, -0.25) is 0 Å². The molecule has 1 aromatic carbocycles. The van der Waals surface area contributed by atoms with Gasteiger partial charge in [-0.05, 0) is 60.8 Å². The fourth-order valence-electron chi connectivity index (χ4n) is 2.39. The van der Waals surface area contributed by atoms with Crippen LogP contribution in [0.1, 0.15) is 32.3 Å². The average Bonchev–Trinajstić information content (AvgIpc) is 2.29. The Morgan fingerprint density at radius 3 is 2.65 bits per heavy atom. The normalized spacial score (nSPS) is 22.6. The zero-order chi connectivity index (χ0) is 15.0. The minimum absolute atomic E-state index is 0.110. The van der Waals surface area contributed by atoms with Crippen molar-refractivity contribution < 1.29 is 17.9 Å². The molecular weight excluding hydrogens is 335 g/mol. The van der Waals surface area contributed by atoms with Crippen molar-refractivity contribution in [2.24, 2.45) is 0 Å². The number of anilines is 1. The molecule has 1 fully saturated rings. The van der Waals surface area contributed by atoms with Crippen LogP contribution in [0.5, 0.6) is 0 Å². The summed E-state index contributed by atoms with van der Waals surface area (Å²) in [4.78, 5) is 0. The average molecular weight is 352 g/mol. The van der Waals surface area contributed by atoms with Gasteiger partial charge < -0.3 is 10.1 Å². The fraction of sp³-hybridized carbons (Fsp3) is 0.571. The maximum atomic E-state index is 12.7. The third-order valence-corrected chi connectivity index (χ3v) is 4.04. The molecule has 1 saturated heterocycles. The smallest absolute Gasteiger partial charge is 0.381 e. The quantitative estimate of drug-likeness (QED) is 0.823. The van der Waals surface area contributed by atoms with Crippen LogP contribution in [0.3, 0.4) is 0 Å². The van der Waals surface area contributed by atoms with Gasteiger partial charge in [0.1, 0.15) is 0 Å². The molecule has 2 nitrogen and oxygen atoms in total. The van der Waals surface area contributed by atoms with E-state index in [9.17, 15) is 13.2 Å². The highest BCUT2D eigenvalue weighted by Gasteiger charge is 2.32. The number of benzene rings is 1. The lowest BCUT2D eigenvalue weighted by Crippen LogP contribution is -2.40. The Morgan fingerprint density at radius 2 is 2.05 bits per heavy atom. The van der Waals surface area contributed by atoms with Crippen molar-refractivity contribution in [3.05, 3.63) is 28.2 Å². The minimum Gasteiger partial charge on any atom is -0.381 e. The monoisotopic (exact) mass is 351 g/mol. The molecule has 0 radical (unpaired) electrons. The van der Waals surface area contributed by atoms with Gasteiger partial charge in [-0.25, -0.2) is 0 Å². The Bertz CT molecular complexity index is 488. The summed E-state index contributed by atoms with van der Waals surface area (Å²) in [5, 5.41) is 3.19. The van der Waals surface area contributed by atoms with E-state index < -0.39 is 11.7 Å². The second-order valence-corrected chi connectivity index (χ2v) is 6.49. The number of rotatable bonds is 2. The summed E-state index contributed by atoms with van der Waals surface area (Å²) in [5.74, 6) is 0. The van der Waals surface area contributed by atoms with Crippen LogP contribution in [0.4, 0.5) is 18.9 Å². The maximum Gasteiger partial charge on any atom is 0.416 e. The summed E-state index contributed by atoms with van der Waals surface area (Å²) in [7, 11) is 0. The summed E-state index contributed by atoms with van der Waals surface area (Å²) in [6.45, 7) is 4.59. The van der Waals surface area contributed by atoms with Gasteiger partial charge in [-0.1, -0.05) is 0 Å². The molecule has 0 aromatic heterocycles. The van der Waals surface area contributed by atoms with E-state index >= 15 is 0 Å². The van der Waals surface area contributed by atoms with Crippen LogP contribution >= 0.6 is 15.9 Å². The van der Waals surface area contributed by atoms with Gasteiger partial charge in [-0.15, -0.1) is 0 Å². The fourth-order valence-corrected chi connectivity index (χ4v) is 2.75. The molecule has 2 rings (SSSR count). The van der Waals surface area contributed by atoms with Crippen molar-refractivity contribution in [1.82, 2.24) is 0 Å². The van der Waals surface area contributed by atoms with Crippen LogP contribution in [0.25, 0.3) is 0 Å². The van der Waals surface area contributed by atoms with E-state index in [0.29, 0.717) is 16.8 Å². The van der Waals surface area contributed by atoms with E-state index in [1.807, 2.05) is 13.8 Å². The molecule has 1 heterocycles. The van der Waals surface area contributed by atoms with Gasteiger partial charge in [-0.2, -0.15) is 13.2 Å². The van der Waals surface area contributed by atoms with Gasteiger partial charge in [0.25, 0.3) is 0 Å². The first-order valence-electron chi connectivity index (χ1n) is 6.45. The lowest BCUT2D eigenvalue weighted by Gasteiger charge is -2.36. The van der Waals surface area contributed by atoms with Crippen LogP contribution in [0.15, 0.2) is 22.7 Å². The summed E-state index contributed by atoms with van der Waals surface area (Å²) < 4.78 is 44.5. The first-order valence-corrected chi connectivity index (χ1v) is 7.24. The van der Waals surface area contributed by atoms with Crippen molar-refractivity contribution in [2.45, 2.75) is 44.5 Å². The second kappa shape index (κ2) is 5.56. The van der Waals surface area contributed by atoms with E-state index in [4.69, 9.17) is 4.74 Å². The Kier molecular flexibility index (Phi) is 4.35. The molecule has 0 aliphatic carbocycles. The van der Waals surface area contributed by atoms with Gasteiger partial charge >= 0.3 is 6.18 Å². The Balaban J connectivity index is 2.16. The maximum absolute atomic E-state index is 12.7. The van der Waals surface area contributed by atoms with Crippen LogP contribution in [0, 0.1) is 0 Å². The topological polar surface area (TPSA) is 21.3 Å². The molecule has 1 unspecified atom stereocenters. The van der Waals surface area contributed by atoms with E-state index in [1.54, 1.807) is 0 Å². The Labute approximate surface area is 124 Å². The van der Waals surface area contributed by atoms with Gasteiger partial charge in [0, 0.05) is 22.8 Å². The molecule has 1 aliphatic rings. The van der Waals surface area contributed by atoms with Crippen molar-refractivity contribution in [3.8, 4) is 0 Å². The molecule has 20 heavy (non-hydrogen) atoms. The van der Waals surface area contributed by atoms with Crippen molar-refractivity contribution in [3.63, 3.8) is 0 Å². The predicted octanol–water partition coefficient (Wildman–Crippen LogP) is 4.84. The number of hydrogen-bond donors (Lipinski definition) is 1. The molecule has 1 N–H and O–H groups in total. The second-order valence-electron chi connectivity index (χ2n) is 5.63. The molecule has 1 aromatic rings. The highest BCUT2D eigenvalue weighted by Crippen LogP contribution is 2.35. The van der Waals surface area contributed by atoms with E-state index in [2.05, 4.69) is 21.2 Å². The SMILES string of the molecule is CC1(C)CC(Nc2cc(C(F)(F)F)ccc2Br)CCO1. The van der Waals surface area contributed by atoms with E-state index in [-0.39, 0.29) is 11.6 Å². The molecule has 112 valence electrons.